The van der Waals surface area contributed by atoms with Crippen LogP contribution in [0.25, 0.3) is 0 Å². The van der Waals surface area contributed by atoms with E-state index < -0.39 is 0 Å². The molecule has 1 atom stereocenters. The van der Waals surface area contributed by atoms with Crippen LogP contribution in [0.4, 0.5) is 0 Å². The van der Waals surface area contributed by atoms with Gasteiger partial charge in [0, 0.05) is 25.0 Å². The summed E-state index contributed by atoms with van der Waals surface area (Å²) in [6.07, 6.45) is 2.66. The fraction of sp³-hybridized carbons (Fsp3) is 0.938. The molecule has 20 heavy (non-hydrogen) atoms. The van der Waals surface area contributed by atoms with Crippen LogP contribution in [-0.2, 0) is 9.53 Å². The molecule has 1 rings (SSSR count). The lowest BCUT2D eigenvalue weighted by Gasteiger charge is -2.33. The molecule has 1 aliphatic heterocycles. The van der Waals surface area contributed by atoms with Crippen LogP contribution >= 0.6 is 0 Å². The molecule has 0 aromatic rings. The number of ether oxygens (including phenoxy) is 1. The molecule has 0 saturated carbocycles. The Kier molecular flexibility index (Phi) is 6.96. The molecule has 0 aromatic carbocycles. The first-order valence-corrected chi connectivity index (χ1v) is 7.91. The second-order valence-corrected chi connectivity index (χ2v) is 7.29. The van der Waals surface area contributed by atoms with Crippen LogP contribution in [0.2, 0.25) is 0 Å². The molecule has 0 aliphatic carbocycles. The van der Waals surface area contributed by atoms with Crippen molar-refractivity contribution in [3.8, 4) is 0 Å². The summed E-state index contributed by atoms with van der Waals surface area (Å²) >= 11 is 0. The summed E-state index contributed by atoms with van der Waals surface area (Å²) in [6, 6.07) is 0. The van der Waals surface area contributed by atoms with Crippen molar-refractivity contribution in [3.63, 3.8) is 0 Å². The SMILES string of the molecule is CC(C)CCCN1CCO[C@H](CNC(=O)C(C)(C)C)C1. The third-order valence-electron chi connectivity index (χ3n) is 3.65. The van der Waals surface area contributed by atoms with Gasteiger partial charge in [0.2, 0.25) is 5.91 Å². The van der Waals surface area contributed by atoms with Crippen LogP contribution in [0.5, 0.6) is 0 Å². The van der Waals surface area contributed by atoms with E-state index in [2.05, 4.69) is 24.1 Å². The Morgan fingerprint density at radius 2 is 2.10 bits per heavy atom. The molecule has 1 saturated heterocycles. The van der Waals surface area contributed by atoms with Crippen LogP contribution in [-0.4, -0.2) is 49.7 Å². The van der Waals surface area contributed by atoms with Gasteiger partial charge in [0.15, 0.2) is 0 Å². The first-order chi connectivity index (χ1) is 9.29. The third kappa shape index (κ3) is 6.71. The van der Waals surface area contributed by atoms with Crippen LogP contribution in [0, 0.1) is 11.3 Å². The molecule has 0 bridgehead atoms. The van der Waals surface area contributed by atoms with Gasteiger partial charge in [-0.3, -0.25) is 9.69 Å². The van der Waals surface area contributed by atoms with Gasteiger partial charge in [0.1, 0.15) is 0 Å². The molecule has 0 radical (unpaired) electrons. The van der Waals surface area contributed by atoms with Gasteiger partial charge in [0.25, 0.3) is 0 Å². The van der Waals surface area contributed by atoms with E-state index in [4.69, 9.17) is 4.74 Å². The zero-order valence-corrected chi connectivity index (χ0v) is 13.9. The van der Waals surface area contributed by atoms with Gasteiger partial charge < -0.3 is 10.1 Å². The highest BCUT2D eigenvalue weighted by molar-refractivity contribution is 5.81. The fourth-order valence-corrected chi connectivity index (χ4v) is 2.30. The van der Waals surface area contributed by atoms with Gasteiger partial charge in [-0.2, -0.15) is 0 Å². The van der Waals surface area contributed by atoms with Gasteiger partial charge in [-0.05, 0) is 25.3 Å². The highest BCUT2D eigenvalue weighted by Gasteiger charge is 2.24. The molecule has 4 nitrogen and oxygen atoms in total. The Bertz CT molecular complexity index is 297. The molecule has 1 aliphatic rings. The predicted octanol–water partition coefficient (Wildman–Crippen LogP) is 2.29. The van der Waals surface area contributed by atoms with Crippen LogP contribution in [0.3, 0.4) is 0 Å². The minimum Gasteiger partial charge on any atom is -0.374 e. The van der Waals surface area contributed by atoms with Crippen molar-refractivity contribution in [2.45, 2.75) is 53.6 Å². The molecule has 1 fully saturated rings. The van der Waals surface area contributed by atoms with Gasteiger partial charge in [-0.1, -0.05) is 34.6 Å². The first kappa shape index (κ1) is 17.4. The van der Waals surface area contributed by atoms with Gasteiger partial charge in [-0.25, -0.2) is 0 Å². The number of hydrogen-bond acceptors (Lipinski definition) is 3. The van der Waals surface area contributed by atoms with Crippen LogP contribution < -0.4 is 5.32 Å². The Morgan fingerprint density at radius 3 is 2.70 bits per heavy atom. The Balaban J connectivity index is 2.25. The topological polar surface area (TPSA) is 41.6 Å². The lowest BCUT2D eigenvalue weighted by molar-refractivity contribution is -0.129. The van der Waals surface area contributed by atoms with Gasteiger partial charge in [-0.15, -0.1) is 0 Å². The maximum absolute atomic E-state index is 11.9. The minimum atomic E-state index is -0.328. The van der Waals surface area contributed by atoms with Crippen molar-refractivity contribution in [2.75, 3.05) is 32.8 Å². The molecule has 0 aromatic heterocycles. The molecule has 0 spiro atoms. The van der Waals surface area contributed by atoms with E-state index in [0.717, 1.165) is 32.2 Å². The molecule has 1 amide bonds. The van der Waals surface area contributed by atoms with E-state index in [1.165, 1.54) is 12.8 Å². The zero-order valence-electron chi connectivity index (χ0n) is 13.9. The van der Waals surface area contributed by atoms with E-state index in [-0.39, 0.29) is 17.4 Å². The monoisotopic (exact) mass is 284 g/mol. The maximum atomic E-state index is 11.9. The second kappa shape index (κ2) is 7.99. The number of amides is 1. The molecule has 1 heterocycles. The van der Waals surface area contributed by atoms with Crippen molar-refractivity contribution in [3.05, 3.63) is 0 Å². The maximum Gasteiger partial charge on any atom is 0.225 e. The second-order valence-electron chi connectivity index (χ2n) is 7.29. The lowest BCUT2D eigenvalue weighted by atomic mass is 9.95. The highest BCUT2D eigenvalue weighted by atomic mass is 16.5. The number of nitrogens with zero attached hydrogens (tertiary/aromatic N) is 1. The van der Waals surface area contributed by atoms with Crippen LogP contribution in [0.15, 0.2) is 0 Å². The summed E-state index contributed by atoms with van der Waals surface area (Å²) in [6.45, 7) is 14.8. The average molecular weight is 284 g/mol. The smallest absolute Gasteiger partial charge is 0.225 e. The summed E-state index contributed by atoms with van der Waals surface area (Å²) in [7, 11) is 0. The number of nitrogens with one attached hydrogen (secondary N) is 1. The molecular weight excluding hydrogens is 252 g/mol. The molecule has 0 unspecified atom stereocenters. The van der Waals surface area contributed by atoms with Crippen LogP contribution in [0.1, 0.15) is 47.5 Å². The Labute approximate surface area is 124 Å². The van der Waals surface area contributed by atoms with E-state index in [9.17, 15) is 4.79 Å². The van der Waals surface area contributed by atoms with Crippen molar-refractivity contribution >= 4 is 5.91 Å². The summed E-state index contributed by atoms with van der Waals surface area (Å²) in [4.78, 5) is 14.3. The molecular formula is C16H32N2O2. The van der Waals surface area contributed by atoms with E-state index in [1.807, 2.05) is 20.8 Å². The summed E-state index contributed by atoms with van der Waals surface area (Å²) < 4.78 is 5.74. The third-order valence-corrected chi connectivity index (χ3v) is 3.65. The van der Waals surface area contributed by atoms with Crippen molar-refractivity contribution in [1.29, 1.82) is 0 Å². The standard InChI is InChI=1S/C16H32N2O2/c1-13(2)7-6-8-18-9-10-20-14(12-18)11-17-15(19)16(3,4)5/h13-14H,6-12H2,1-5H3,(H,17,19)/t14-/m1/s1. The van der Waals surface area contributed by atoms with Crippen molar-refractivity contribution < 1.29 is 9.53 Å². The quantitative estimate of drug-likeness (QED) is 0.813. The first-order valence-electron chi connectivity index (χ1n) is 7.91. The van der Waals surface area contributed by atoms with E-state index >= 15 is 0 Å². The van der Waals surface area contributed by atoms with Crippen molar-refractivity contribution in [2.24, 2.45) is 11.3 Å². The minimum absolute atomic E-state index is 0.0954. The average Bonchev–Trinajstić information content (AvgIpc) is 2.35. The number of hydrogen-bond donors (Lipinski definition) is 1. The number of rotatable bonds is 6. The lowest BCUT2D eigenvalue weighted by Crippen LogP contribution is -2.49. The zero-order chi connectivity index (χ0) is 15.2. The highest BCUT2D eigenvalue weighted by Crippen LogP contribution is 2.13. The number of carbonyl (C=O) groups excluding carboxylic acids is 1. The fourth-order valence-electron chi connectivity index (χ4n) is 2.30. The predicted molar refractivity (Wildman–Crippen MR) is 82.7 cm³/mol. The molecule has 118 valence electrons. The number of morpholine rings is 1. The summed E-state index contributed by atoms with van der Waals surface area (Å²) in [5.41, 5.74) is -0.328. The molecule has 4 heteroatoms. The molecule has 1 N–H and O–H groups in total. The van der Waals surface area contributed by atoms with E-state index in [1.54, 1.807) is 0 Å². The Hall–Kier alpha value is -0.610. The Morgan fingerprint density at radius 1 is 1.40 bits per heavy atom. The van der Waals surface area contributed by atoms with Crippen molar-refractivity contribution in [1.82, 2.24) is 10.2 Å². The van der Waals surface area contributed by atoms with Gasteiger partial charge in [0.05, 0.1) is 12.7 Å². The number of carbonyl (C=O) groups is 1. The summed E-state index contributed by atoms with van der Waals surface area (Å²) in [5.74, 6) is 0.871. The summed E-state index contributed by atoms with van der Waals surface area (Å²) in [5, 5.41) is 3.00. The van der Waals surface area contributed by atoms with Gasteiger partial charge >= 0.3 is 0 Å². The largest absolute Gasteiger partial charge is 0.374 e. The van der Waals surface area contributed by atoms with E-state index in [0.29, 0.717) is 6.54 Å². The normalized spacial score (nSPS) is 21.2.